The first-order chi connectivity index (χ1) is 6.00. The summed E-state index contributed by atoms with van der Waals surface area (Å²) in [6, 6.07) is 0. The van der Waals surface area contributed by atoms with Crippen molar-refractivity contribution < 1.29 is 23.1 Å². The summed E-state index contributed by atoms with van der Waals surface area (Å²) in [6.45, 7) is 2.67. The fourth-order valence-corrected chi connectivity index (χ4v) is 1.38. The molecule has 0 radical (unpaired) electrons. The van der Waals surface area contributed by atoms with Gasteiger partial charge in [-0.15, -0.1) is 0 Å². The van der Waals surface area contributed by atoms with Gasteiger partial charge in [0.2, 0.25) is 0 Å². The molecule has 0 aromatic carbocycles. The predicted octanol–water partition coefficient (Wildman–Crippen LogP) is 1.62. The lowest BCUT2D eigenvalue weighted by molar-refractivity contribution is -0.254. The molecule has 0 saturated carbocycles. The van der Waals surface area contributed by atoms with Crippen molar-refractivity contribution in [1.29, 1.82) is 0 Å². The van der Waals surface area contributed by atoms with Crippen LogP contribution in [0.4, 0.5) is 13.2 Å². The van der Waals surface area contributed by atoms with E-state index in [1.165, 1.54) is 20.8 Å². The van der Waals surface area contributed by atoms with E-state index in [-0.39, 0.29) is 0 Å². The van der Waals surface area contributed by atoms with E-state index in [9.17, 15) is 18.0 Å². The average Bonchev–Trinajstić information content (AvgIpc) is 1.80. The van der Waals surface area contributed by atoms with Crippen molar-refractivity contribution in [3.05, 3.63) is 0 Å². The fraction of sp³-hybridized carbons (Fsp3) is 0.875. The Hall–Kier alpha value is -0.780. The van der Waals surface area contributed by atoms with E-state index in [0.29, 0.717) is 0 Å². The molecule has 0 heterocycles. The number of carbonyl (C=O) groups is 1. The van der Waals surface area contributed by atoms with Gasteiger partial charge in [0.15, 0.2) is 5.41 Å². The summed E-state index contributed by atoms with van der Waals surface area (Å²) in [5, 5.41) is 8.70. The summed E-state index contributed by atoms with van der Waals surface area (Å²) in [5.41, 5.74) is 0.611. The molecule has 0 aliphatic carbocycles. The summed E-state index contributed by atoms with van der Waals surface area (Å²) in [6.07, 6.45) is -4.86. The molecule has 3 N–H and O–H groups in total. The Labute approximate surface area is 80.1 Å². The van der Waals surface area contributed by atoms with Crippen molar-refractivity contribution in [2.45, 2.75) is 26.9 Å². The summed E-state index contributed by atoms with van der Waals surface area (Å²) < 4.78 is 38.0. The number of halogens is 3. The number of aliphatic carboxylic acids is 1. The van der Waals surface area contributed by atoms with Gasteiger partial charge in [-0.25, -0.2) is 0 Å². The average molecular weight is 213 g/mol. The second-order valence-corrected chi connectivity index (χ2v) is 4.16. The first-order valence-electron chi connectivity index (χ1n) is 4.01. The van der Waals surface area contributed by atoms with E-state index >= 15 is 0 Å². The molecule has 0 aliphatic heterocycles. The van der Waals surface area contributed by atoms with Crippen LogP contribution in [-0.4, -0.2) is 23.8 Å². The molecule has 0 aliphatic rings. The van der Waals surface area contributed by atoms with Gasteiger partial charge in [0.05, 0.1) is 0 Å². The molecule has 0 saturated heterocycles. The smallest absolute Gasteiger partial charge is 0.406 e. The Bertz CT molecular complexity index is 216. The minimum atomic E-state index is -4.86. The second kappa shape index (κ2) is 3.42. The van der Waals surface area contributed by atoms with Crippen LogP contribution >= 0.6 is 0 Å². The zero-order valence-corrected chi connectivity index (χ0v) is 8.27. The van der Waals surface area contributed by atoms with Gasteiger partial charge < -0.3 is 10.8 Å². The van der Waals surface area contributed by atoms with E-state index in [1.807, 2.05) is 0 Å². The molecule has 1 atom stereocenters. The van der Waals surface area contributed by atoms with Crippen LogP contribution in [0.1, 0.15) is 20.8 Å². The van der Waals surface area contributed by atoms with Gasteiger partial charge in [-0.1, -0.05) is 20.8 Å². The Morgan fingerprint density at radius 2 is 1.64 bits per heavy atom. The number of hydrogen-bond donors (Lipinski definition) is 2. The molecule has 14 heavy (non-hydrogen) atoms. The highest BCUT2D eigenvalue weighted by Gasteiger charge is 2.66. The molecule has 3 nitrogen and oxygen atoms in total. The van der Waals surface area contributed by atoms with Gasteiger partial charge >= 0.3 is 12.1 Å². The van der Waals surface area contributed by atoms with Gasteiger partial charge in [-0.05, 0) is 5.41 Å². The molecule has 0 amide bonds. The maximum absolute atomic E-state index is 12.7. The van der Waals surface area contributed by atoms with Gasteiger partial charge in [-0.3, -0.25) is 4.79 Å². The molecule has 0 aromatic heterocycles. The summed E-state index contributed by atoms with van der Waals surface area (Å²) in [7, 11) is 0. The maximum atomic E-state index is 12.7. The molecule has 0 rings (SSSR count). The van der Waals surface area contributed by atoms with E-state index in [4.69, 9.17) is 10.8 Å². The lowest BCUT2D eigenvalue weighted by atomic mass is 9.66. The third kappa shape index (κ3) is 1.70. The van der Waals surface area contributed by atoms with Crippen LogP contribution in [0.25, 0.3) is 0 Å². The number of carboxylic acids is 1. The van der Waals surface area contributed by atoms with E-state index in [1.54, 1.807) is 0 Å². The SMILES string of the molecule is CC(C)(C)C(CN)(C(=O)O)C(F)(F)F. The number of nitrogens with two attached hydrogens (primary N) is 1. The first-order valence-corrected chi connectivity index (χ1v) is 4.01. The molecule has 0 fully saturated rings. The minimum absolute atomic E-state index is 0.963. The summed E-state index contributed by atoms with van der Waals surface area (Å²) >= 11 is 0. The standard InChI is InChI=1S/C8H14F3NO2/c1-6(2,3)7(4-12,5(13)14)8(9,10)11/h4,12H2,1-3H3,(H,13,14). The normalized spacial score (nSPS) is 17.6. The number of rotatable bonds is 2. The van der Waals surface area contributed by atoms with Crippen LogP contribution in [0.3, 0.4) is 0 Å². The molecule has 0 bridgehead atoms. The fourth-order valence-electron chi connectivity index (χ4n) is 1.38. The lowest BCUT2D eigenvalue weighted by Crippen LogP contribution is -2.58. The second-order valence-electron chi connectivity index (χ2n) is 4.16. The highest BCUT2D eigenvalue weighted by molar-refractivity contribution is 5.77. The van der Waals surface area contributed by atoms with E-state index in [2.05, 4.69) is 0 Å². The van der Waals surface area contributed by atoms with E-state index in [0.717, 1.165) is 0 Å². The highest BCUT2D eigenvalue weighted by atomic mass is 19.4. The molecular weight excluding hydrogens is 199 g/mol. The molecule has 0 spiro atoms. The highest BCUT2D eigenvalue weighted by Crippen LogP contribution is 2.50. The van der Waals surface area contributed by atoms with Gasteiger partial charge in [0.25, 0.3) is 0 Å². The quantitative estimate of drug-likeness (QED) is 0.732. The third-order valence-electron chi connectivity index (χ3n) is 2.44. The van der Waals surface area contributed by atoms with Crippen LogP contribution in [-0.2, 0) is 4.79 Å². The Morgan fingerprint density at radius 3 is 1.64 bits per heavy atom. The van der Waals surface area contributed by atoms with Crippen LogP contribution in [0.5, 0.6) is 0 Å². The number of alkyl halides is 3. The van der Waals surface area contributed by atoms with Crippen LogP contribution in [0.15, 0.2) is 0 Å². The first kappa shape index (κ1) is 13.2. The molecule has 0 aromatic rings. The van der Waals surface area contributed by atoms with Gasteiger partial charge in [0.1, 0.15) is 0 Å². The number of carboxylic acid groups (broad SMARTS) is 1. The van der Waals surface area contributed by atoms with Crippen molar-refractivity contribution in [3.63, 3.8) is 0 Å². The van der Waals surface area contributed by atoms with Crippen molar-refractivity contribution in [2.24, 2.45) is 16.6 Å². The zero-order chi connectivity index (χ0) is 11.8. The maximum Gasteiger partial charge on any atom is 0.406 e. The van der Waals surface area contributed by atoms with Crippen molar-refractivity contribution in [2.75, 3.05) is 6.54 Å². The minimum Gasteiger partial charge on any atom is -0.481 e. The van der Waals surface area contributed by atoms with Crippen LogP contribution in [0.2, 0.25) is 0 Å². The number of hydrogen-bond acceptors (Lipinski definition) is 2. The topological polar surface area (TPSA) is 63.3 Å². The van der Waals surface area contributed by atoms with Gasteiger partial charge in [0, 0.05) is 6.54 Å². The van der Waals surface area contributed by atoms with Gasteiger partial charge in [-0.2, -0.15) is 13.2 Å². The molecular formula is C8H14F3NO2. The molecule has 6 heteroatoms. The summed E-state index contributed by atoms with van der Waals surface area (Å²) in [5.74, 6) is -1.93. The van der Waals surface area contributed by atoms with Crippen molar-refractivity contribution >= 4 is 5.97 Å². The predicted molar refractivity (Wildman–Crippen MR) is 44.6 cm³/mol. The zero-order valence-electron chi connectivity index (χ0n) is 8.27. The largest absolute Gasteiger partial charge is 0.481 e. The van der Waals surface area contributed by atoms with E-state index < -0.39 is 29.5 Å². The summed E-state index contributed by atoms with van der Waals surface area (Å²) in [4.78, 5) is 10.7. The molecule has 1 unspecified atom stereocenters. The van der Waals surface area contributed by atoms with Crippen molar-refractivity contribution in [1.82, 2.24) is 0 Å². The Morgan fingerprint density at radius 1 is 1.29 bits per heavy atom. The van der Waals surface area contributed by atoms with Crippen LogP contribution < -0.4 is 5.73 Å². The third-order valence-corrected chi connectivity index (χ3v) is 2.44. The lowest BCUT2D eigenvalue weighted by Gasteiger charge is -2.41. The Kier molecular flexibility index (Phi) is 3.23. The van der Waals surface area contributed by atoms with Crippen molar-refractivity contribution in [3.8, 4) is 0 Å². The van der Waals surface area contributed by atoms with Crippen LogP contribution in [0, 0.1) is 10.8 Å². The Balaban J connectivity index is 5.58. The molecule has 84 valence electrons. The monoisotopic (exact) mass is 213 g/mol.